The van der Waals surface area contributed by atoms with Crippen molar-refractivity contribution in [3.63, 3.8) is 0 Å². The number of nitrogens with two attached hydrogens (primary N) is 1. The zero-order valence-electron chi connectivity index (χ0n) is 10.8. The van der Waals surface area contributed by atoms with Crippen LogP contribution in [0.4, 0.5) is 0 Å². The Morgan fingerprint density at radius 1 is 1.16 bits per heavy atom. The van der Waals surface area contributed by atoms with Crippen LogP contribution in [0.2, 0.25) is 0 Å². The van der Waals surface area contributed by atoms with Gasteiger partial charge >= 0.3 is 11.9 Å². The third kappa shape index (κ3) is 21.5. The van der Waals surface area contributed by atoms with Crippen LogP contribution >= 0.6 is 0 Å². The Morgan fingerprint density at radius 2 is 1.63 bits per heavy atom. The molecule has 0 saturated carbocycles. The van der Waals surface area contributed by atoms with E-state index in [0.717, 1.165) is 19.4 Å². The maximum atomic E-state index is 9.64. The zero-order valence-corrected chi connectivity index (χ0v) is 10.8. The van der Waals surface area contributed by atoms with E-state index < -0.39 is 11.9 Å². The normalized spacial score (nSPS) is 8.68. The molecule has 0 fully saturated rings. The van der Waals surface area contributed by atoms with Crippen LogP contribution in [0.15, 0.2) is 0 Å². The van der Waals surface area contributed by atoms with Crippen molar-refractivity contribution in [2.24, 2.45) is 5.73 Å². The third-order valence-electron chi connectivity index (χ3n) is 1.64. The Bertz CT molecular complexity index is 305. The highest BCUT2D eigenvalue weighted by atomic mass is 16.4. The molecular formula is C10H21N5O4. The first kappa shape index (κ1) is 19.0. The summed E-state index contributed by atoms with van der Waals surface area (Å²) in [7, 11) is 0. The van der Waals surface area contributed by atoms with Gasteiger partial charge in [0.05, 0.1) is 12.8 Å². The minimum Gasteiger partial charge on any atom is -0.481 e. The van der Waals surface area contributed by atoms with Crippen LogP contribution in [0.25, 0.3) is 0 Å². The molecule has 0 heterocycles. The van der Waals surface area contributed by atoms with E-state index in [4.69, 9.17) is 26.8 Å². The van der Waals surface area contributed by atoms with E-state index in [1.807, 2.05) is 0 Å². The van der Waals surface area contributed by atoms with E-state index in [2.05, 4.69) is 17.6 Å². The fourth-order valence-corrected chi connectivity index (χ4v) is 0.783. The minimum atomic E-state index is -1.08. The summed E-state index contributed by atoms with van der Waals surface area (Å²) in [5, 5.41) is 34.8. The molecular weight excluding hydrogens is 254 g/mol. The third-order valence-corrected chi connectivity index (χ3v) is 1.64. The molecule has 0 amide bonds. The Kier molecular flexibility index (Phi) is 12.2. The van der Waals surface area contributed by atoms with Gasteiger partial charge in [-0.2, -0.15) is 0 Å². The number of hydrogen-bond acceptors (Lipinski definition) is 4. The predicted octanol–water partition coefficient (Wildman–Crippen LogP) is -0.270. The number of aliphatic carboxylic acids is 2. The summed E-state index contributed by atoms with van der Waals surface area (Å²) in [5.74, 6) is -2.27. The number of carboxylic acid groups (broad SMARTS) is 2. The van der Waals surface area contributed by atoms with Crippen molar-refractivity contribution < 1.29 is 19.8 Å². The van der Waals surface area contributed by atoms with Crippen molar-refractivity contribution in [1.82, 2.24) is 10.6 Å². The Labute approximate surface area is 111 Å². The molecule has 0 rings (SSSR count). The lowest BCUT2D eigenvalue weighted by molar-refractivity contribution is -0.143. The molecule has 0 saturated heterocycles. The largest absolute Gasteiger partial charge is 0.481 e. The van der Waals surface area contributed by atoms with E-state index in [1.54, 1.807) is 0 Å². The lowest BCUT2D eigenvalue weighted by atomic mass is 10.3. The van der Waals surface area contributed by atoms with Crippen LogP contribution < -0.4 is 16.4 Å². The number of hydrogen-bond donors (Lipinski definition) is 7. The molecule has 0 aromatic rings. The first-order valence-corrected chi connectivity index (χ1v) is 5.66. The molecule has 0 spiro atoms. The molecule has 0 bridgehead atoms. The average molecular weight is 275 g/mol. The molecule has 0 aliphatic heterocycles. The lowest BCUT2D eigenvalue weighted by Gasteiger charge is -2.06. The second-order valence-corrected chi connectivity index (χ2v) is 3.48. The molecule has 0 aliphatic carbocycles. The Hall–Kier alpha value is -2.32. The molecule has 0 atom stereocenters. The highest BCUT2D eigenvalue weighted by Gasteiger charge is 2.00. The van der Waals surface area contributed by atoms with Gasteiger partial charge in [-0.15, -0.1) is 0 Å². The summed E-state index contributed by atoms with van der Waals surface area (Å²) in [5.41, 5.74) is 4.99. The fourth-order valence-electron chi connectivity index (χ4n) is 0.783. The van der Waals surface area contributed by atoms with Crippen molar-refractivity contribution in [3.8, 4) is 0 Å². The van der Waals surface area contributed by atoms with E-state index in [9.17, 15) is 9.59 Å². The summed E-state index contributed by atoms with van der Waals surface area (Å²) in [6.07, 6.45) is 1.51. The molecule has 0 radical (unpaired) electrons. The smallest absolute Gasteiger partial charge is 0.303 e. The Morgan fingerprint density at radius 3 is 1.95 bits per heavy atom. The van der Waals surface area contributed by atoms with Gasteiger partial charge in [0.2, 0.25) is 0 Å². The van der Waals surface area contributed by atoms with Crippen molar-refractivity contribution in [1.29, 1.82) is 10.8 Å². The van der Waals surface area contributed by atoms with Crippen molar-refractivity contribution >= 4 is 23.9 Å². The SMILES string of the molecule is CCCCNC(=N)NC(=N)N.O=C(O)CCC(=O)O. The number of nitrogens with one attached hydrogen (secondary N) is 4. The summed E-state index contributed by atoms with van der Waals surface area (Å²) < 4.78 is 0. The minimum absolute atomic E-state index is 0.0888. The number of carboxylic acids is 2. The van der Waals surface area contributed by atoms with Gasteiger partial charge in [0, 0.05) is 6.54 Å². The number of unbranched alkanes of at least 4 members (excludes halogenated alkanes) is 1. The van der Waals surface area contributed by atoms with Crippen molar-refractivity contribution in [2.75, 3.05) is 6.54 Å². The maximum Gasteiger partial charge on any atom is 0.303 e. The van der Waals surface area contributed by atoms with E-state index in [1.165, 1.54) is 0 Å². The first-order chi connectivity index (χ1) is 8.79. The second kappa shape index (κ2) is 12.1. The van der Waals surface area contributed by atoms with Gasteiger partial charge in [-0.25, -0.2) is 0 Å². The van der Waals surface area contributed by atoms with Crippen LogP contribution in [0.1, 0.15) is 32.6 Å². The molecule has 110 valence electrons. The fraction of sp³-hybridized carbons (Fsp3) is 0.600. The van der Waals surface area contributed by atoms with Gasteiger partial charge in [-0.3, -0.25) is 25.7 Å². The van der Waals surface area contributed by atoms with Gasteiger partial charge in [-0.05, 0) is 6.42 Å². The number of carbonyl (C=O) groups is 2. The second-order valence-electron chi connectivity index (χ2n) is 3.48. The monoisotopic (exact) mass is 275 g/mol. The maximum absolute atomic E-state index is 9.64. The first-order valence-electron chi connectivity index (χ1n) is 5.66. The summed E-state index contributed by atoms with van der Waals surface area (Å²) in [4.78, 5) is 19.3. The average Bonchev–Trinajstić information content (AvgIpc) is 2.26. The van der Waals surface area contributed by atoms with Crippen molar-refractivity contribution in [3.05, 3.63) is 0 Å². The molecule has 9 nitrogen and oxygen atoms in total. The van der Waals surface area contributed by atoms with Gasteiger partial charge in [0.15, 0.2) is 11.9 Å². The Balaban J connectivity index is 0. The van der Waals surface area contributed by atoms with E-state index in [-0.39, 0.29) is 24.8 Å². The number of rotatable bonds is 6. The standard InChI is InChI=1S/C6H15N5.C4H6O4/c1-2-3-4-10-6(9)11-5(7)8;5-3(6)1-2-4(7)8/h2-4H2,1H3,(H6,7,8,9,10,11);1-2H2,(H,5,6)(H,7,8). The quantitative estimate of drug-likeness (QED) is 0.198. The molecule has 19 heavy (non-hydrogen) atoms. The molecule has 9 heteroatoms. The highest BCUT2D eigenvalue weighted by Crippen LogP contribution is 1.86. The predicted molar refractivity (Wildman–Crippen MR) is 70.2 cm³/mol. The van der Waals surface area contributed by atoms with Crippen LogP contribution in [0.5, 0.6) is 0 Å². The lowest BCUT2D eigenvalue weighted by Crippen LogP contribution is -2.43. The molecule has 0 aliphatic rings. The number of guanidine groups is 2. The molecule has 8 N–H and O–H groups in total. The van der Waals surface area contributed by atoms with Gasteiger partial charge in [0.1, 0.15) is 0 Å². The van der Waals surface area contributed by atoms with Crippen LogP contribution in [-0.2, 0) is 9.59 Å². The topological polar surface area (TPSA) is 172 Å². The van der Waals surface area contributed by atoms with Crippen LogP contribution in [-0.4, -0.2) is 40.6 Å². The van der Waals surface area contributed by atoms with Crippen molar-refractivity contribution in [2.45, 2.75) is 32.6 Å². The highest BCUT2D eigenvalue weighted by molar-refractivity contribution is 5.94. The van der Waals surface area contributed by atoms with Gasteiger partial charge < -0.3 is 21.3 Å². The summed E-state index contributed by atoms with van der Waals surface area (Å²) >= 11 is 0. The van der Waals surface area contributed by atoms with Crippen LogP contribution in [0, 0.1) is 10.8 Å². The van der Waals surface area contributed by atoms with Gasteiger partial charge in [0.25, 0.3) is 0 Å². The molecule has 0 aromatic carbocycles. The summed E-state index contributed by atoms with van der Waals surface area (Å²) in [6.45, 7) is 2.82. The van der Waals surface area contributed by atoms with Gasteiger partial charge in [-0.1, -0.05) is 13.3 Å². The summed E-state index contributed by atoms with van der Waals surface area (Å²) in [6, 6.07) is 0. The van der Waals surface area contributed by atoms with E-state index >= 15 is 0 Å². The molecule has 0 aromatic heterocycles. The molecule has 0 unspecified atom stereocenters. The van der Waals surface area contributed by atoms with E-state index in [0.29, 0.717) is 0 Å². The van der Waals surface area contributed by atoms with Crippen LogP contribution in [0.3, 0.4) is 0 Å². The zero-order chi connectivity index (χ0) is 15.3.